The zero-order valence-corrected chi connectivity index (χ0v) is 10.9. The Morgan fingerprint density at radius 2 is 2.27 bits per heavy atom. The summed E-state index contributed by atoms with van der Waals surface area (Å²) in [6.45, 7) is 5.41. The van der Waals surface area contributed by atoms with Crippen LogP contribution >= 0.6 is 23.4 Å². The van der Waals surface area contributed by atoms with Gasteiger partial charge in [0.1, 0.15) is 0 Å². The lowest BCUT2D eigenvalue weighted by atomic mass is 10.3. The third kappa shape index (κ3) is 5.45. The van der Waals surface area contributed by atoms with E-state index in [9.17, 15) is 0 Å². The van der Waals surface area contributed by atoms with Crippen molar-refractivity contribution in [1.29, 1.82) is 0 Å². The number of nitrogens with one attached hydrogen (secondary N) is 1. The average molecular weight is 244 g/mol. The van der Waals surface area contributed by atoms with Crippen LogP contribution < -0.4 is 5.32 Å². The molecule has 1 unspecified atom stereocenters. The second-order valence-electron chi connectivity index (χ2n) is 3.55. The quantitative estimate of drug-likeness (QED) is 0.763. The Kier molecular flexibility index (Phi) is 6.15. The molecular formula is C12H18ClNS. The third-order valence-corrected chi connectivity index (χ3v) is 3.43. The van der Waals surface area contributed by atoms with Crippen LogP contribution in [0.4, 0.5) is 0 Å². The third-order valence-electron chi connectivity index (χ3n) is 2.17. The van der Waals surface area contributed by atoms with Gasteiger partial charge in [0.25, 0.3) is 0 Å². The van der Waals surface area contributed by atoms with Gasteiger partial charge in [-0.2, -0.15) is 0 Å². The highest BCUT2D eigenvalue weighted by Crippen LogP contribution is 2.22. The number of benzene rings is 1. The molecule has 3 heteroatoms. The molecule has 0 spiro atoms. The fourth-order valence-electron chi connectivity index (χ4n) is 1.36. The Morgan fingerprint density at radius 3 is 2.93 bits per heavy atom. The van der Waals surface area contributed by atoms with Gasteiger partial charge in [-0.05, 0) is 43.8 Å². The predicted octanol–water partition coefficient (Wildman–Crippen LogP) is 3.82. The lowest BCUT2D eigenvalue weighted by Crippen LogP contribution is -2.25. The van der Waals surface area contributed by atoms with Crippen molar-refractivity contribution in [2.75, 3.05) is 12.3 Å². The Labute approximate surface area is 102 Å². The lowest BCUT2D eigenvalue weighted by Gasteiger charge is -2.11. The molecule has 1 N–H and O–H groups in total. The van der Waals surface area contributed by atoms with E-state index in [0.717, 1.165) is 17.3 Å². The van der Waals surface area contributed by atoms with E-state index in [1.807, 2.05) is 30.0 Å². The van der Waals surface area contributed by atoms with Gasteiger partial charge in [-0.3, -0.25) is 0 Å². The molecule has 1 aromatic rings. The van der Waals surface area contributed by atoms with E-state index in [0.29, 0.717) is 6.04 Å². The average Bonchev–Trinajstić information content (AvgIpc) is 2.18. The van der Waals surface area contributed by atoms with E-state index < -0.39 is 0 Å². The highest BCUT2D eigenvalue weighted by Gasteiger charge is 2.00. The van der Waals surface area contributed by atoms with E-state index in [4.69, 9.17) is 11.6 Å². The molecule has 0 aromatic heterocycles. The first-order valence-electron chi connectivity index (χ1n) is 5.34. The molecule has 84 valence electrons. The van der Waals surface area contributed by atoms with Crippen LogP contribution in [-0.2, 0) is 0 Å². The Balaban J connectivity index is 2.25. The van der Waals surface area contributed by atoms with E-state index in [1.54, 1.807) is 0 Å². The summed E-state index contributed by atoms with van der Waals surface area (Å²) in [5.74, 6) is 1.13. The van der Waals surface area contributed by atoms with Crippen molar-refractivity contribution in [3.05, 3.63) is 29.3 Å². The maximum Gasteiger partial charge on any atom is 0.0417 e. The van der Waals surface area contributed by atoms with Crippen molar-refractivity contribution in [2.45, 2.75) is 31.2 Å². The molecule has 1 atom stereocenters. The molecule has 0 amide bonds. The molecule has 0 heterocycles. The van der Waals surface area contributed by atoms with Crippen molar-refractivity contribution in [3.8, 4) is 0 Å². The molecule has 0 bridgehead atoms. The van der Waals surface area contributed by atoms with Crippen LogP contribution in [0.2, 0.25) is 5.02 Å². The van der Waals surface area contributed by atoms with Crippen LogP contribution in [0.15, 0.2) is 29.2 Å². The van der Waals surface area contributed by atoms with E-state index >= 15 is 0 Å². The summed E-state index contributed by atoms with van der Waals surface area (Å²) in [5, 5.41) is 4.22. The van der Waals surface area contributed by atoms with Gasteiger partial charge < -0.3 is 5.32 Å². The molecule has 0 fully saturated rings. The zero-order chi connectivity index (χ0) is 11.1. The van der Waals surface area contributed by atoms with Gasteiger partial charge >= 0.3 is 0 Å². The topological polar surface area (TPSA) is 12.0 Å². The first kappa shape index (κ1) is 12.9. The molecule has 0 aliphatic heterocycles. The summed E-state index contributed by atoms with van der Waals surface area (Å²) < 4.78 is 0. The molecule has 0 saturated heterocycles. The molecule has 0 saturated carbocycles. The zero-order valence-electron chi connectivity index (χ0n) is 9.29. The highest BCUT2D eigenvalue weighted by atomic mass is 35.5. The summed E-state index contributed by atoms with van der Waals surface area (Å²) in [6.07, 6.45) is 1.19. The fourth-order valence-corrected chi connectivity index (χ4v) is 2.71. The van der Waals surface area contributed by atoms with Crippen LogP contribution in [0.25, 0.3) is 0 Å². The molecule has 0 aliphatic carbocycles. The number of hydrogen-bond acceptors (Lipinski definition) is 2. The first-order chi connectivity index (χ1) is 7.22. The van der Waals surface area contributed by atoms with Crippen LogP contribution in [-0.4, -0.2) is 18.3 Å². The van der Waals surface area contributed by atoms with Crippen molar-refractivity contribution < 1.29 is 0 Å². The minimum Gasteiger partial charge on any atom is -0.315 e. The Morgan fingerprint density at radius 1 is 1.47 bits per heavy atom. The van der Waals surface area contributed by atoms with Crippen molar-refractivity contribution >= 4 is 23.4 Å². The second-order valence-corrected chi connectivity index (χ2v) is 5.16. The van der Waals surface area contributed by atoms with E-state index in [2.05, 4.69) is 25.2 Å². The molecule has 1 aromatic carbocycles. The molecule has 0 radical (unpaired) electrons. The standard InChI is InChI=1S/C12H18ClNS/c1-3-14-10(2)7-8-15-12-6-4-5-11(13)9-12/h4-6,9-10,14H,3,7-8H2,1-2H3. The van der Waals surface area contributed by atoms with Gasteiger partial charge in [-0.1, -0.05) is 24.6 Å². The van der Waals surface area contributed by atoms with Gasteiger partial charge in [0, 0.05) is 16.0 Å². The summed E-state index contributed by atoms with van der Waals surface area (Å²) in [7, 11) is 0. The maximum absolute atomic E-state index is 5.91. The van der Waals surface area contributed by atoms with Crippen LogP contribution in [0.5, 0.6) is 0 Å². The van der Waals surface area contributed by atoms with Crippen molar-refractivity contribution in [2.24, 2.45) is 0 Å². The van der Waals surface area contributed by atoms with Crippen LogP contribution in [0.3, 0.4) is 0 Å². The maximum atomic E-state index is 5.91. The smallest absolute Gasteiger partial charge is 0.0417 e. The van der Waals surface area contributed by atoms with E-state index in [-0.39, 0.29) is 0 Å². The van der Waals surface area contributed by atoms with Gasteiger partial charge in [0.05, 0.1) is 0 Å². The molecule has 15 heavy (non-hydrogen) atoms. The van der Waals surface area contributed by atoms with Gasteiger partial charge in [-0.15, -0.1) is 11.8 Å². The minimum atomic E-state index is 0.599. The van der Waals surface area contributed by atoms with Crippen LogP contribution in [0, 0.1) is 0 Å². The molecule has 0 aliphatic rings. The van der Waals surface area contributed by atoms with Gasteiger partial charge in [0.15, 0.2) is 0 Å². The normalized spacial score (nSPS) is 12.7. The van der Waals surface area contributed by atoms with Crippen molar-refractivity contribution in [1.82, 2.24) is 5.32 Å². The predicted molar refractivity (Wildman–Crippen MR) is 69.9 cm³/mol. The van der Waals surface area contributed by atoms with Gasteiger partial charge in [0.2, 0.25) is 0 Å². The Bertz CT molecular complexity index is 291. The summed E-state index contributed by atoms with van der Waals surface area (Å²) in [5.41, 5.74) is 0. The van der Waals surface area contributed by atoms with Crippen molar-refractivity contribution in [3.63, 3.8) is 0 Å². The number of hydrogen-bond donors (Lipinski definition) is 1. The monoisotopic (exact) mass is 243 g/mol. The highest BCUT2D eigenvalue weighted by molar-refractivity contribution is 7.99. The summed E-state index contributed by atoms with van der Waals surface area (Å²) in [4.78, 5) is 1.26. The number of rotatable bonds is 6. The fraction of sp³-hybridized carbons (Fsp3) is 0.500. The minimum absolute atomic E-state index is 0.599. The second kappa shape index (κ2) is 7.15. The largest absolute Gasteiger partial charge is 0.315 e. The first-order valence-corrected chi connectivity index (χ1v) is 6.70. The number of halogens is 1. The van der Waals surface area contributed by atoms with Crippen LogP contribution in [0.1, 0.15) is 20.3 Å². The molecule has 1 rings (SSSR count). The molecule has 1 nitrogen and oxygen atoms in total. The lowest BCUT2D eigenvalue weighted by molar-refractivity contribution is 0.556. The number of thioether (sulfide) groups is 1. The SMILES string of the molecule is CCNC(C)CCSc1cccc(Cl)c1. The van der Waals surface area contributed by atoms with E-state index in [1.165, 1.54) is 11.3 Å². The summed E-state index contributed by atoms with van der Waals surface area (Å²) >= 11 is 7.77. The van der Waals surface area contributed by atoms with Gasteiger partial charge in [-0.25, -0.2) is 0 Å². The molecular weight excluding hydrogens is 226 g/mol. The summed E-state index contributed by atoms with van der Waals surface area (Å²) in [6, 6.07) is 8.63. The Hall–Kier alpha value is -0.180.